The number of rotatable bonds is 3. The fourth-order valence-corrected chi connectivity index (χ4v) is 3.00. The molecule has 0 unspecified atom stereocenters. The van der Waals surface area contributed by atoms with Crippen LogP contribution in [0.4, 0.5) is 0 Å². The number of carbonyl (C=O) groups excluding carboxylic acids is 1. The Labute approximate surface area is 149 Å². The van der Waals surface area contributed by atoms with Gasteiger partial charge in [0.2, 0.25) is 0 Å². The van der Waals surface area contributed by atoms with E-state index in [0.29, 0.717) is 28.1 Å². The Bertz CT molecular complexity index is 1060. The molecule has 6 heteroatoms. The van der Waals surface area contributed by atoms with Crippen molar-refractivity contribution in [3.8, 4) is 5.69 Å². The number of esters is 1. The van der Waals surface area contributed by atoms with E-state index in [0.717, 1.165) is 0 Å². The summed E-state index contributed by atoms with van der Waals surface area (Å²) in [4.78, 5) is 27.6. The van der Waals surface area contributed by atoms with Crippen LogP contribution in [0.3, 0.4) is 0 Å². The van der Waals surface area contributed by atoms with Crippen molar-refractivity contribution in [1.29, 1.82) is 0 Å². The molecule has 0 saturated carbocycles. The number of aromatic nitrogens is 2. The van der Waals surface area contributed by atoms with Crippen molar-refractivity contribution >= 4 is 29.1 Å². The summed E-state index contributed by atoms with van der Waals surface area (Å²) in [6, 6.07) is 12.5. The molecule has 0 radical (unpaired) electrons. The number of nitrogens with zero attached hydrogens (tertiary/aromatic N) is 1. The molecule has 1 N–H and O–H groups in total. The van der Waals surface area contributed by atoms with Crippen LogP contribution in [0.15, 0.2) is 47.3 Å². The molecule has 2 aromatic carbocycles. The van der Waals surface area contributed by atoms with E-state index in [4.69, 9.17) is 17.0 Å². The van der Waals surface area contributed by atoms with Gasteiger partial charge in [-0.05, 0) is 54.0 Å². The van der Waals surface area contributed by atoms with Gasteiger partial charge in [0.15, 0.2) is 4.77 Å². The maximum Gasteiger partial charge on any atom is 0.337 e. The molecule has 3 aromatic rings. The van der Waals surface area contributed by atoms with Gasteiger partial charge in [-0.3, -0.25) is 9.36 Å². The zero-order valence-corrected chi connectivity index (χ0v) is 15.0. The van der Waals surface area contributed by atoms with Crippen molar-refractivity contribution in [2.75, 3.05) is 7.11 Å². The van der Waals surface area contributed by atoms with E-state index >= 15 is 0 Å². The van der Waals surface area contributed by atoms with Crippen LogP contribution in [0.1, 0.15) is 35.7 Å². The normalized spacial score (nSPS) is 11.0. The summed E-state index contributed by atoms with van der Waals surface area (Å²) in [7, 11) is 1.31. The molecule has 0 amide bonds. The van der Waals surface area contributed by atoms with Gasteiger partial charge >= 0.3 is 5.97 Å². The quantitative estimate of drug-likeness (QED) is 0.571. The van der Waals surface area contributed by atoms with Crippen molar-refractivity contribution < 1.29 is 9.53 Å². The summed E-state index contributed by atoms with van der Waals surface area (Å²) in [5, 5.41) is 0.453. The SMILES string of the molecule is COC(=O)c1ccc2c(=O)n(-c3ccc(C(C)C)cc3)c(=S)[nH]c2c1. The lowest BCUT2D eigenvalue weighted by atomic mass is 10.0. The van der Waals surface area contributed by atoms with Crippen molar-refractivity contribution in [2.24, 2.45) is 0 Å². The Morgan fingerprint density at radius 2 is 1.84 bits per heavy atom. The molecule has 0 aliphatic carbocycles. The summed E-state index contributed by atoms with van der Waals surface area (Å²) in [6.45, 7) is 4.23. The van der Waals surface area contributed by atoms with E-state index in [2.05, 4.69) is 18.8 Å². The van der Waals surface area contributed by atoms with Gasteiger partial charge in [0.25, 0.3) is 5.56 Å². The number of nitrogens with one attached hydrogen (secondary N) is 1. The molecule has 25 heavy (non-hydrogen) atoms. The summed E-state index contributed by atoms with van der Waals surface area (Å²) < 4.78 is 6.44. The Balaban J connectivity index is 2.19. The van der Waals surface area contributed by atoms with Gasteiger partial charge in [-0.15, -0.1) is 0 Å². The Morgan fingerprint density at radius 1 is 1.16 bits per heavy atom. The molecule has 0 aliphatic rings. The number of hydrogen-bond donors (Lipinski definition) is 1. The highest BCUT2D eigenvalue weighted by Crippen LogP contribution is 2.18. The van der Waals surface area contributed by atoms with Gasteiger partial charge in [0.1, 0.15) is 0 Å². The lowest BCUT2D eigenvalue weighted by Crippen LogP contribution is -2.20. The number of benzene rings is 2. The minimum atomic E-state index is -0.463. The van der Waals surface area contributed by atoms with Gasteiger partial charge in [0.05, 0.1) is 29.3 Å². The minimum absolute atomic E-state index is 0.229. The first-order valence-electron chi connectivity index (χ1n) is 7.90. The summed E-state index contributed by atoms with van der Waals surface area (Å²) in [5.41, 5.74) is 2.53. The predicted molar refractivity (Wildman–Crippen MR) is 100 cm³/mol. The molecule has 0 atom stereocenters. The first-order chi connectivity index (χ1) is 11.9. The van der Waals surface area contributed by atoms with Gasteiger partial charge < -0.3 is 9.72 Å². The second kappa shape index (κ2) is 6.64. The largest absolute Gasteiger partial charge is 0.465 e. The highest BCUT2D eigenvalue weighted by molar-refractivity contribution is 7.71. The smallest absolute Gasteiger partial charge is 0.337 e. The van der Waals surface area contributed by atoms with Gasteiger partial charge in [-0.1, -0.05) is 26.0 Å². The zero-order chi connectivity index (χ0) is 18.1. The average Bonchev–Trinajstić information content (AvgIpc) is 2.61. The van der Waals surface area contributed by atoms with Crippen LogP contribution in [0.2, 0.25) is 0 Å². The standard InChI is InChI=1S/C19H18N2O3S/c1-11(2)12-4-7-14(8-5-12)21-17(22)15-9-6-13(18(23)24-3)10-16(15)20-19(21)25/h4-11H,1-3H3,(H,20,25). The summed E-state index contributed by atoms with van der Waals surface area (Å²) in [5.74, 6) is -0.0525. The number of aromatic amines is 1. The molecule has 5 nitrogen and oxygen atoms in total. The Kier molecular flexibility index (Phi) is 4.55. The van der Waals surface area contributed by atoms with Crippen LogP contribution in [-0.2, 0) is 4.74 Å². The fraction of sp³-hybridized carbons (Fsp3) is 0.211. The molecule has 0 bridgehead atoms. The highest BCUT2D eigenvalue weighted by atomic mass is 32.1. The number of H-pyrrole nitrogens is 1. The van der Waals surface area contributed by atoms with Gasteiger partial charge in [0, 0.05) is 0 Å². The predicted octanol–water partition coefficient (Wildman–Crippen LogP) is 3.96. The third-order valence-corrected chi connectivity index (χ3v) is 4.42. The van der Waals surface area contributed by atoms with E-state index in [1.807, 2.05) is 24.3 Å². The maximum absolute atomic E-state index is 12.9. The highest BCUT2D eigenvalue weighted by Gasteiger charge is 2.11. The van der Waals surface area contributed by atoms with E-state index < -0.39 is 5.97 Å². The lowest BCUT2D eigenvalue weighted by molar-refractivity contribution is 0.0601. The minimum Gasteiger partial charge on any atom is -0.465 e. The number of ether oxygens (including phenoxy) is 1. The molecule has 1 heterocycles. The first kappa shape index (κ1) is 17.1. The Hall–Kier alpha value is -2.73. The van der Waals surface area contributed by atoms with Crippen molar-refractivity contribution in [2.45, 2.75) is 19.8 Å². The maximum atomic E-state index is 12.9. The molecule has 3 rings (SSSR count). The third-order valence-electron chi connectivity index (χ3n) is 4.14. The van der Waals surface area contributed by atoms with E-state index in [-0.39, 0.29) is 10.3 Å². The van der Waals surface area contributed by atoms with Crippen LogP contribution in [0.5, 0.6) is 0 Å². The topological polar surface area (TPSA) is 64.1 Å². The number of methoxy groups -OCH3 is 1. The second-order valence-electron chi connectivity index (χ2n) is 6.07. The fourth-order valence-electron chi connectivity index (χ4n) is 2.71. The van der Waals surface area contributed by atoms with Gasteiger partial charge in [-0.2, -0.15) is 0 Å². The molecule has 0 fully saturated rings. The average molecular weight is 354 g/mol. The number of fused-ring (bicyclic) bond motifs is 1. The molecular weight excluding hydrogens is 336 g/mol. The van der Waals surface area contributed by atoms with E-state index in [9.17, 15) is 9.59 Å². The molecule has 128 valence electrons. The third kappa shape index (κ3) is 3.13. The van der Waals surface area contributed by atoms with Crippen LogP contribution in [0.25, 0.3) is 16.6 Å². The monoisotopic (exact) mass is 354 g/mol. The summed E-state index contributed by atoms with van der Waals surface area (Å²) in [6.07, 6.45) is 0. The van der Waals surface area contributed by atoms with Crippen LogP contribution in [-0.4, -0.2) is 22.6 Å². The Morgan fingerprint density at radius 3 is 2.44 bits per heavy atom. The van der Waals surface area contributed by atoms with Crippen LogP contribution >= 0.6 is 12.2 Å². The number of carbonyl (C=O) groups is 1. The van der Waals surface area contributed by atoms with Crippen LogP contribution in [0, 0.1) is 4.77 Å². The van der Waals surface area contributed by atoms with Gasteiger partial charge in [-0.25, -0.2) is 4.79 Å². The molecule has 0 aliphatic heterocycles. The lowest BCUT2D eigenvalue weighted by Gasteiger charge is -2.11. The van der Waals surface area contributed by atoms with Crippen molar-refractivity contribution in [3.63, 3.8) is 0 Å². The zero-order valence-electron chi connectivity index (χ0n) is 14.2. The van der Waals surface area contributed by atoms with E-state index in [1.54, 1.807) is 18.2 Å². The molecule has 0 spiro atoms. The number of hydrogen-bond acceptors (Lipinski definition) is 4. The van der Waals surface area contributed by atoms with Crippen molar-refractivity contribution in [3.05, 3.63) is 68.7 Å². The molecule has 1 aromatic heterocycles. The van der Waals surface area contributed by atoms with E-state index in [1.165, 1.54) is 17.2 Å². The van der Waals surface area contributed by atoms with Crippen molar-refractivity contribution in [1.82, 2.24) is 9.55 Å². The second-order valence-corrected chi connectivity index (χ2v) is 6.46. The molecule has 0 saturated heterocycles. The van der Waals surface area contributed by atoms with Crippen LogP contribution < -0.4 is 5.56 Å². The molecular formula is C19H18N2O3S. The summed E-state index contributed by atoms with van der Waals surface area (Å²) >= 11 is 5.36. The first-order valence-corrected chi connectivity index (χ1v) is 8.31.